The van der Waals surface area contributed by atoms with Gasteiger partial charge in [0.15, 0.2) is 0 Å². The van der Waals surface area contributed by atoms with E-state index in [1.807, 2.05) is 65.0 Å². The lowest BCUT2D eigenvalue weighted by atomic mass is 9.76. The third-order valence-corrected chi connectivity index (χ3v) is 3.47. The summed E-state index contributed by atoms with van der Waals surface area (Å²) in [5.41, 5.74) is -1.00. The highest BCUT2D eigenvalue weighted by molar-refractivity contribution is 5.74. The highest BCUT2D eigenvalue weighted by Crippen LogP contribution is 2.37. The number of aliphatic hydroxyl groups is 1. The van der Waals surface area contributed by atoms with Crippen LogP contribution in [-0.2, 0) is 15.1 Å². The normalized spacial score (nSPS) is 16.4. The van der Waals surface area contributed by atoms with Crippen molar-refractivity contribution in [3.63, 3.8) is 0 Å². The molecule has 1 aromatic carbocycles. The molecule has 1 N–H and O–H groups in total. The van der Waals surface area contributed by atoms with Gasteiger partial charge in [0.05, 0.1) is 5.92 Å². The molecule has 0 amide bonds. The lowest BCUT2D eigenvalue weighted by Crippen LogP contribution is -2.42. The fourth-order valence-electron chi connectivity index (χ4n) is 2.48. The van der Waals surface area contributed by atoms with Crippen LogP contribution in [0.3, 0.4) is 0 Å². The summed E-state index contributed by atoms with van der Waals surface area (Å²) in [6, 6.07) is 9.38. The van der Waals surface area contributed by atoms with Crippen molar-refractivity contribution in [2.24, 2.45) is 11.8 Å². The molecule has 118 valence electrons. The Morgan fingerprint density at radius 3 is 2.10 bits per heavy atom. The van der Waals surface area contributed by atoms with Gasteiger partial charge in [0.1, 0.15) is 11.2 Å². The Morgan fingerprint density at radius 1 is 1.14 bits per heavy atom. The Kier molecular flexibility index (Phi) is 5.57. The summed E-state index contributed by atoms with van der Waals surface area (Å²) in [5.74, 6) is -0.726. The van der Waals surface area contributed by atoms with Crippen LogP contribution < -0.4 is 0 Å². The van der Waals surface area contributed by atoms with Crippen LogP contribution in [0.1, 0.15) is 53.5 Å². The zero-order valence-corrected chi connectivity index (χ0v) is 14.0. The highest BCUT2D eigenvalue weighted by Gasteiger charge is 2.42. The van der Waals surface area contributed by atoms with E-state index in [0.717, 1.165) is 5.56 Å². The maximum atomic E-state index is 12.4. The molecule has 0 saturated heterocycles. The first kappa shape index (κ1) is 17.7. The van der Waals surface area contributed by atoms with Gasteiger partial charge in [0, 0.05) is 0 Å². The summed E-state index contributed by atoms with van der Waals surface area (Å²) in [6.07, 6.45) is 0.511. The van der Waals surface area contributed by atoms with Crippen LogP contribution in [0.4, 0.5) is 0 Å². The second kappa shape index (κ2) is 6.61. The summed E-state index contributed by atoms with van der Waals surface area (Å²) in [6.45, 7) is 11.3. The first-order chi connectivity index (χ1) is 9.56. The molecule has 0 heterocycles. The highest BCUT2D eigenvalue weighted by atomic mass is 16.6. The number of rotatable bonds is 5. The molecule has 1 aromatic rings. The van der Waals surface area contributed by atoms with Gasteiger partial charge in [-0.05, 0) is 45.6 Å². The minimum absolute atomic E-state index is 0.264. The minimum atomic E-state index is -1.21. The molecule has 2 unspecified atom stereocenters. The topological polar surface area (TPSA) is 46.5 Å². The van der Waals surface area contributed by atoms with Gasteiger partial charge in [0.2, 0.25) is 0 Å². The second-order valence-electron chi connectivity index (χ2n) is 7.14. The molecule has 0 fully saturated rings. The monoisotopic (exact) mass is 292 g/mol. The molecule has 0 saturated carbocycles. The van der Waals surface area contributed by atoms with Gasteiger partial charge in [-0.15, -0.1) is 0 Å². The predicted octanol–water partition coefficient (Wildman–Crippen LogP) is 3.90. The molecule has 21 heavy (non-hydrogen) atoms. The van der Waals surface area contributed by atoms with Gasteiger partial charge in [-0.1, -0.05) is 44.2 Å². The summed E-state index contributed by atoms with van der Waals surface area (Å²) in [5, 5.41) is 11.2. The quantitative estimate of drug-likeness (QED) is 0.837. The van der Waals surface area contributed by atoms with E-state index >= 15 is 0 Å². The number of carbonyl (C=O) groups is 1. The van der Waals surface area contributed by atoms with Crippen molar-refractivity contribution in [1.29, 1.82) is 0 Å². The van der Waals surface area contributed by atoms with Gasteiger partial charge in [0.25, 0.3) is 0 Å². The molecular weight excluding hydrogens is 264 g/mol. The Balaban J connectivity index is 3.10. The Morgan fingerprint density at radius 2 is 1.67 bits per heavy atom. The fourth-order valence-corrected chi connectivity index (χ4v) is 2.48. The molecule has 0 aromatic heterocycles. The molecule has 0 spiro atoms. The van der Waals surface area contributed by atoms with Crippen LogP contribution in [0, 0.1) is 11.8 Å². The van der Waals surface area contributed by atoms with E-state index in [-0.39, 0.29) is 11.9 Å². The van der Waals surface area contributed by atoms with E-state index in [1.165, 1.54) is 0 Å². The molecule has 0 radical (unpaired) electrons. The van der Waals surface area contributed by atoms with Crippen LogP contribution in [0.5, 0.6) is 0 Å². The Bertz CT molecular complexity index is 459. The van der Waals surface area contributed by atoms with E-state index in [9.17, 15) is 9.90 Å². The van der Waals surface area contributed by atoms with E-state index in [2.05, 4.69) is 0 Å². The van der Waals surface area contributed by atoms with Crippen molar-refractivity contribution in [2.75, 3.05) is 0 Å². The number of esters is 1. The summed E-state index contributed by atoms with van der Waals surface area (Å²) >= 11 is 0. The SMILES string of the molecule is CC(C)CC(O)(c1ccccc1)C(C)C(=O)OC(C)(C)C. The molecule has 2 atom stereocenters. The zero-order valence-electron chi connectivity index (χ0n) is 14.0. The predicted molar refractivity (Wildman–Crippen MR) is 84.8 cm³/mol. The van der Waals surface area contributed by atoms with Gasteiger partial charge < -0.3 is 9.84 Å². The summed E-state index contributed by atoms with van der Waals surface area (Å²) in [7, 11) is 0. The molecule has 0 aliphatic rings. The lowest BCUT2D eigenvalue weighted by molar-refractivity contribution is -0.171. The number of ether oxygens (including phenoxy) is 1. The molecule has 0 aliphatic carbocycles. The molecule has 3 nitrogen and oxygen atoms in total. The van der Waals surface area contributed by atoms with Crippen molar-refractivity contribution in [3.05, 3.63) is 35.9 Å². The first-order valence-corrected chi connectivity index (χ1v) is 7.57. The number of hydrogen-bond acceptors (Lipinski definition) is 3. The average Bonchev–Trinajstić information content (AvgIpc) is 2.36. The van der Waals surface area contributed by atoms with Crippen molar-refractivity contribution in [3.8, 4) is 0 Å². The third-order valence-electron chi connectivity index (χ3n) is 3.47. The van der Waals surface area contributed by atoms with Gasteiger partial charge in [-0.25, -0.2) is 0 Å². The molecule has 1 rings (SSSR count). The van der Waals surface area contributed by atoms with Crippen LogP contribution in [0.15, 0.2) is 30.3 Å². The Hall–Kier alpha value is -1.35. The van der Waals surface area contributed by atoms with E-state index in [4.69, 9.17) is 4.74 Å². The van der Waals surface area contributed by atoms with Crippen molar-refractivity contribution in [1.82, 2.24) is 0 Å². The second-order valence-corrected chi connectivity index (χ2v) is 7.14. The minimum Gasteiger partial charge on any atom is -0.460 e. The number of carbonyl (C=O) groups excluding carboxylic acids is 1. The summed E-state index contributed by atoms with van der Waals surface area (Å²) < 4.78 is 5.45. The standard InChI is InChI=1S/C18H28O3/c1-13(2)12-18(20,15-10-8-7-9-11-15)14(3)16(19)21-17(4,5)6/h7-11,13-14,20H,12H2,1-6H3. The van der Waals surface area contributed by atoms with Crippen molar-refractivity contribution >= 4 is 5.97 Å². The van der Waals surface area contributed by atoms with Crippen molar-refractivity contribution in [2.45, 2.75) is 59.2 Å². The van der Waals surface area contributed by atoms with Crippen molar-refractivity contribution < 1.29 is 14.6 Å². The average molecular weight is 292 g/mol. The van der Waals surface area contributed by atoms with E-state index in [0.29, 0.717) is 6.42 Å². The smallest absolute Gasteiger partial charge is 0.312 e. The zero-order chi connectivity index (χ0) is 16.3. The van der Waals surface area contributed by atoms with Gasteiger partial charge in [-0.2, -0.15) is 0 Å². The van der Waals surface area contributed by atoms with Crippen LogP contribution in [0.2, 0.25) is 0 Å². The number of benzene rings is 1. The number of hydrogen-bond donors (Lipinski definition) is 1. The van der Waals surface area contributed by atoms with Crippen LogP contribution in [-0.4, -0.2) is 16.7 Å². The van der Waals surface area contributed by atoms with E-state index in [1.54, 1.807) is 6.92 Å². The Labute approximate surface area is 128 Å². The van der Waals surface area contributed by atoms with Crippen LogP contribution >= 0.6 is 0 Å². The lowest BCUT2D eigenvalue weighted by Gasteiger charge is -2.36. The first-order valence-electron chi connectivity index (χ1n) is 7.57. The largest absolute Gasteiger partial charge is 0.460 e. The third kappa shape index (κ3) is 4.85. The maximum Gasteiger partial charge on any atom is 0.312 e. The summed E-state index contributed by atoms with van der Waals surface area (Å²) in [4.78, 5) is 12.4. The molecule has 0 aliphatic heterocycles. The van der Waals surface area contributed by atoms with Crippen LogP contribution in [0.25, 0.3) is 0 Å². The van der Waals surface area contributed by atoms with E-state index < -0.39 is 17.1 Å². The molecule has 0 bridgehead atoms. The van der Waals surface area contributed by atoms with Gasteiger partial charge in [-0.3, -0.25) is 4.79 Å². The molecule has 3 heteroatoms. The fraction of sp³-hybridized carbons (Fsp3) is 0.611. The maximum absolute atomic E-state index is 12.4. The molecular formula is C18H28O3. The van der Waals surface area contributed by atoms with Gasteiger partial charge >= 0.3 is 5.97 Å².